The summed E-state index contributed by atoms with van der Waals surface area (Å²) in [6.45, 7) is 0. The highest BCUT2D eigenvalue weighted by molar-refractivity contribution is 5.85. The highest BCUT2D eigenvalue weighted by atomic mass is 35.5. The van der Waals surface area contributed by atoms with Gasteiger partial charge in [-0.15, -0.1) is 12.4 Å². The molecule has 2 atom stereocenters. The van der Waals surface area contributed by atoms with Gasteiger partial charge in [-0.2, -0.15) is 0 Å². The van der Waals surface area contributed by atoms with Crippen molar-refractivity contribution in [3.05, 3.63) is 59.7 Å². The third kappa shape index (κ3) is 4.13. The Balaban J connectivity index is 0.00000242. The Morgan fingerprint density at radius 2 is 1.68 bits per heavy atom. The summed E-state index contributed by atoms with van der Waals surface area (Å²) in [5, 5.41) is 10.4. The van der Waals surface area contributed by atoms with E-state index in [1.807, 2.05) is 42.5 Å². The van der Waals surface area contributed by atoms with Crippen LogP contribution in [-0.2, 0) is 6.42 Å². The maximum absolute atomic E-state index is 10.4. The Morgan fingerprint density at radius 3 is 2.27 bits per heavy atom. The Labute approximate surface area is 137 Å². The summed E-state index contributed by atoms with van der Waals surface area (Å²) in [6, 6.07) is 14.7. The van der Waals surface area contributed by atoms with Crippen molar-refractivity contribution in [3.63, 3.8) is 0 Å². The zero-order valence-corrected chi connectivity index (χ0v) is 13.5. The minimum Gasteiger partial charge on any atom is -0.493 e. The predicted molar refractivity (Wildman–Crippen MR) is 89.9 cm³/mol. The van der Waals surface area contributed by atoms with Gasteiger partial charge in [0, 0.05) is 12.0 Å². The lowest BCUT2D eigenvalue weighted by Gasteiger charge is -2.22. The fourth-order valence-corrected chi connectivity index (χ4v) is 2.36. The monoisotopic (exact) mass is 323 g/mol. The van der Waals surface area contributed by atoms with Gasteiger partial charge in [0.15, 0.2) is 11.5 Å². The minimum atomic E-state index is -0.701. The Kier molecular flexibility index (Phi) is 7.18. The zero-order valence-electron chi connectivity index (χ0n) is 12.7. The van der Waals surface area contributed by atoms with Crippen LogP contribution in [-0.4, -0.2) is 25.4 Å². The number of aliphatic hydroxyl groups is 1. The van der Waals surface area contributed by atoms with Gasteiger partial charge in [-0.3, -0.25) is 0 Å². The lowest BCUT2D eigenvalue weighted by molar-refractivity contribution is 0.143. The van der Waals surface area contributed by atoms with Crippen LogP contribution in [0.2, 0.25) is 0 Å². The number of rotatable bonds is 6. The van der Waals surface area contributed by atoms with Gasteiger partial charge < -0.3 is 20.3 Å². The first-order chi connectivity index (χ1) is 10.2. The molecule has 0 aliphatic heterocycles. The topological polar surface area (TPSA) is 64.7 Å². The van der Waals surface area contributed by atoms with Crippen LogP contribution in [0.15, 0.2) is 48.5 Å². The number of nitrogens with two attached hydrogens (primary N) is 1. The van der Waals surface area contributed by atoms with Gasteiger partial charge in [-0.05, 0) is 11.6 Å². The van der Waals surface area contributed by atoms with Crippen LogP contribution in [0.4, 0.5) is 0 Å². The first-order valence-corrected chi connectivity index (χ1v) is 6.85. The Bertz CT molecular complexity index is 577. The molecule has 0 aliphatic carbocycles. The maximum atomic E-state index is 10.4. The molecule has 0 amide bonds. The van der Waals surface area contributed by atoms with E-state index in [9.17, 15) is 5.11 Å². The van der Waals surface area contributed by atoms with E-state index in [1.54, 1.807) is 20.3 Å². The van der Waals surface area contributed by atoms with Gasteiger partial charge in [-0.1, -0.05) is 42.5 Å². The largest absolute Gasteiger partial charge is 0.493 e. The normalized spacial score (nSPS) is 12.9. The molecule has 0 heterocycles. The van der Waals surface area contributed by atoms with E-state index in [1.165, 1.54) is 0 Å². The molecular formula is C17H22ClNO3. The molecule has 0 spiro atoms. The standard InChI is InChI=1S/C17H21NO3.ClH/c1-20-15-10-6-9-13(17(15)21-2)16(18)14(19)11-12-7-4-3-5-8-12;/h3-10,14,16,19H,11,18H2,1-2H3;1H/t14-,16+;/m0./s1. The number of aliphatic hydroxyl groups excluding tert-OH is 1. The highest BCUT2D eigenvalue weighted by Gasteiger charge is 2.22. The highest BCUT2D eigenvalue weighted by Crippen LogP contribution is 2.35. The fraction of sp³-hybridized carbons (Fsp3) is 0.294. The average molecular weight is 324 g/mol. The van der Waals surface area contributed by atoms with Crippen LogP contribution in [0, 0.1) is 0 Å². The van der Waals surface area contributed by atoms with Crippen molar-refractivity contribution in [2.24, 2.45) is 5.73 Å². The van der Waals surface area contributed by atoms with Crippen molar-refractivity contribution in [3.8, 4) is 11.5 Å². The van der Waals surface area contributed by atoms with Gasteiger partial charge in [0.05, 0.1) is 26.4 Å². The second-order valence-corrected chi connectivity index (χ2v) is 4.87. The summed E-state index contributed by atoms with van der Waals surface area (Å²) in [6.07, 6.45) is -0.212. The number of hydrogen-bond donors (Lipinski definition) is 2. The average Bonchev–Trinajstić information content (AvgIpc) is 2.54. The van der Waals surface area contributed by atoms with Crippen LogP contribution in [0.1, 0.15) is 17.2 Å². The van der Waals surface area contributed by atoms with E-state index in [0.29, 0.717) is 17.9 Å². The summed E-state index contributed by atoms with van der Waals surface area (Å²) in [5.74, 6) is 1.18. The molecule has 0 saturated heterocycles. The van der Waals surface area contributed by atoms with E-state index < -0.39 is 12.1 Å². The molecule has 5 heteroatoms. The van der Waals surface area contributed by atoms with Crippen LogP contribution in [0.5, 0.6) is 11.5 Å². The molecule has 2 aromatic carbocycles. The third-order valence-electron chi connectivity index (χ3n) is 3.49. The number of benzene rings is 2. The van der Waals surface area contributed by atoms with Crippen molar-refractivity contribution in [2.45, 2.75) is 18.6 Å². The molecule has 0 saturated carbocycles. The van der Waals surface area contributed by atoms with Crippen molar-refractivity contribution in [1.29, 1.82) is 0 Å². The van der Waals surface area contributed by atoms with Gasteiger partial charge in [0.25, 0.3) is 0 Å². The molecule has 0 bridgehead atoms. The van der Waals surface area contributed by atoms with Crippen LogP contribution < -0.4 is 15.2 Å². The molecule has 0 aromatic heterocycles. The molecule has 4 nitrogen and oxygen atoms in total. The maximum Gasteiger partial charge on any atom is 0.165 e. The SMILES string of the molecule is COc1cccc([C@@H](N)[C@@H](O)Cc2ccccc2)c1OC.Cl. The molecule has 2 aromatic rings. The molecule has 120 valence electrons. The van der Waals surface area contributed by atoms with Crippen molar-refractivity contribution in [1.82, 2.24) is 0 Å². The smallest absolute Gasteiger partial charge is 0.165 e. The summed E-state index contributed by atoms with van der Waals surface area (Å²) in [4.78, 5) is 0. The Morgan fingerprint density at radius 1 is 1.00 bits per heavy atom. The lowest BCUT2D eigenvalue weighted by Crippen LogP contribution is -2.28. The first kappa shape index (κ1) is 18.3. The Hall–Kier alpha value is -1.75. The van der Waals surface area contributed by atoms with Crippen LogP contribution in [0.3, 0.4) is 0 Å². The van der Waals surface area contributed by atoms with Crippen LogP contribution >= 0.6 is 12.4 Å². The minimum absolute atomic E-state index is 0. The third-order valence-corrected chi connectivity index (χ3v) is 3.49. The number of methoxy groups -OCH3 is 2. The second-order valence-electron chi connectivity index (χ2n) is 4.87. The molecule has 0 unspecified atom stereocenters. The molecule has 0 radical (unpaired) electrons. The molecule has 0 fully saturated rings. The molecule has 0 aliphatic rings. The fourth-order valence-electron chi connectivity index (χ4n) is 2.36. The number of ether oxygens (including phenoxy) is 2. The molecule has 3 N–H and O–H groups in total. The first-order valence-electron chi connectivity index (χ1n) is 6.85. The van der Waals surface area contributed by atoms with Crippen LogP contribution in [0.25, 0.3) is 0 Å². The number of hydrogen-bond acceptors (Lipinski definition) is 4. The van der Waals surface area contributed by atoms with E-state index in [2.05, 4.69) is 0 Å². The van der Waals surface area contributed by atoms with Crippen molar-refractivity contribution in [2.75, 3.05) is 14.2 Å². The quantitative estimate of drug-likeness (QED) is 0.858. The van der Waals surface area contributed by atoms with Gasteiger partial charge >= 0.3 is 0 Å². The number of para-hydroxylation sites is 1. The van der Waals surface area contributed by atoms with Crippen molar-refractivity contribution < 1.29 is 14.6 Å². The summed E-state index contributed by atoms with van der Waals surface area (Å²) in [5.41, 5.74) is 7.98. The van der Waals surface area contributed by atoms with E-state index >= 15 is 0 Å². The van der Waals surface area contributed by atoms with E-state index in [0.717, 1.165) is 11.1 Å². The van der Waals surface area contributed by atoms with E-state index in [4.69, 9.17) is 15.2 Å². The second kappa shape index (κ2) is 8.63. The predicted octanol–water partition coefficient (Wildman–Crippen LogP) is 2.73. The summed E-state index contributed by atoms with van der Waals surface area (Å²) in [7, 11) is 3.14. The van der Waals surface area contributed by atoms with Gasteiger partial charge in [-0.25, -0.2) is 0 Å². The molecule has 2 rings (SSSR count). The number of halogens is 1. The van der Waals surface area contributed by atoms with Gasteiger partial charge in [0.2, 0.25) is 0 Å². The zero-order chi connectivity index (χ0) is 15.2. The molecule has 22 heavy (non-hydrogen) atoms. The summed E-state index contributed by atoms with van der Waals surface area (Å²) >= 11 is 0. The van der Waals surface area contributed by atoms with E-state index in [-0.39, 0.29) is 12.4 Å². The van der Waals surface area contributed by atoms with Crippen molar-refractivity contribution >= 4 is 12.4 Å². The molecular weight excluding hydrogens is 302 g/mol. The van der Waals surface area contributed by atoms with Gasteiger partial charge in [0.1, 0.15) is 0 Å². The lowest BCUT2D eigenvalue weighted by atomic mass is 9.96. The summed E-state index contributed by atoms with van der Waals surface area (Å²) < 4.78 is 10.6.